The van der Waals surface area contributed by atoms with Gasteiger partial charge in [-0.3, -0.25) is 0 Å². The third-order valence-electron chi connectivity index (χ3n) is 3.22. The number of hydrogen-bond donors (Lipinski definition) is 1. The zero-order chi connectivity index (χ0) is 13.4. The Kier molecular flexibility index (Phi) is 3.39. The number of aliphatic hydroxyl groups is 1. The van der Waals surface area contributed by atoms with E-state index in [1.165, 1.54) is 15.6 Å². The first-order chi connectivity index (χ1) is 9.15. The lowest BCUT2D eigenvalue weighted by atomic mass is 10.1. The Morgan fingerprint density at radius 3 is 2.79 bits per heavy atom. The molecule has 3 rings (SSSR count). The van der Waals surface area contributed by atoms with Gasteiger partial charge in [-0.2, -0.15) is 0 Å². The van der Waals surface area contributed by atoms with Crippen molar-refractivity contribution in [1.82, 2.24) is 4.98 Å². The van der Waals surface area contributed by atoms with Crippen LogP contribution in [0, 0.1) is 13.8 Å². The molecule has 0 aliphatic rings. The van der Waals surface area contributed by atoms with Gasteiger partial charge >= 0.3 is 0 Å². The highest BCUT2D eigenvalue weighted by Gasteiger charge is 2.17. The zero-order valence-corrected chi connectivity index (χ0v) is 12.5. The molecule has 0 radical (unpaired) electrons. The lowest BCUT2D eigenvalue weighted by Gasteiger charge is -2.08. The topological polar surface area (TPSA) is 33.1 Å². The van der Waals surface area contributed by atoms with E-state index in [-0.39, 0.29) is 0 Å². The molecule has 0 spiro atoms. The smallest absolute Gasteiger partial charge is 0.0941 e. The summed E-state index contributed by atoms with van der Waals surface area (Å²) < 4.78 is 1.28. The van der Waals surface area contributed by atoms with Gasteiger partial charge in [0.25, 0.3) is 0 Å². The summed E-state index contributed by atoms with van der Waals surface area (Å²) in [5.41, 5.74) is 2.17. The molecular weight excluding hydrogens is 274 g/mol. The van der Waals surface area contributed by atoms with Gasteiger partial charge in [-0.05, 0) is 36.2 Å². The molecule has 1 N–H and O–H groups in total. The summed E-state index contributed by atoms with van der Waals surface area (Å²) in [5.74, 6) is 0. The first-order valence-electron chi connectivity index (χ1n) is 6.22. The summed E-state index contributed by atoms with van der Waals surface area (Å²) in [6.07, 6.45) is 0.205. The summed E-state index contributed by atoms with van der Waals surface area (Å²) in [6.45, 7) is 3.95. The molecule has 2 heterocycles. The largest absolute Gasteiger partial charge is 0.387 e. The van der Waals surface area contributed by atoms with Gasteiger partial charge in [-0.15, -0.1) is 22.7 Å². The first kappa shape index (κ1) is 12.8. The van der Waals surface area contributed by atoms with Crippen molar-refractivity contribution in [2.45, 2.75) is 26.4 Å². The molecule has 0 aliphatic carbocycles. The van der Waals surface area contributed by atoms with Crippen LogP contribution in [0.1, 0.15) is 27.2 Å². The molecule has 2 nitrogen and oxygen atoms in total. The standard InChI is InChI=1S/C15H15NOS2/c1-9-15(19-10(2)16-9)13(17)7-11-8-18-14-6-4-3-5-12(11)14/h3-6,8,13,17H,7H2,1-2H3. The van der Waals surface area contributed by atoms with Gasteiger partial charge in [0, 0.05) is 11.1 Å². The molecule has 2 aromatic heterocycles. The van der Waals surface area contributed by atoms with E-state index >= 15 is 0 Å². The highest BCUT2D eigenvalue weighted by Crippen LogP contribution is 2.32. The lowest BCUT2D eigenvalue weighted by Crippen LogP contribution is -2.00. The Morgan fingerprint density at radius 1 is 1.26 bits per heavy atom. The minimum Gasteiger partial charge on any atom is -0.387 e. The van der Waals surface area contributed by atoms with Crippen molar-refractivity contribution in [3.8, 4) is 0 Å². The first-order valence-corrected chi connectivity index (χ1v) is 7.92. The van der Waals surface area contributed by atoms with Crippen LogP contribution < -0.4 is 0 Å². The summed E-state index contributed by atoms with van der Waals surface area (Å²) >= 11 is 3.33. The number of hydrogen-bond acceptors (Lipinski definition) is 4. The average Bonchev–Trinajstić information content (AvgIpc) is 2.94. The summed E-state index contributed by atoms with van der Waals surface area (Å²) in [5, 5.41) is 14.8. The fourth-order valence-corrected chi connectivity index (χ4v) is 4.24. The number of aromatic nitrogens is 1. The second kappa shape index (κ2) is 5.04. The van der Waals surface area contributed by atoms with Crippen molar-refractivity contribution < 1.29 is 5.11 Å². The van der Waals surface area contributed by atoms with E-state index in [0.29, 0.717) is 6.42 Å². The van der Waals surface area contributed by atoms with Crippen LogP contribution in [0.25, 0.3) is 10.1 Å². The van der Waals surface area contributed by atoms with Crippen molar-refractivity contribution in [2.75, 3.05) is 0 Å². The molecular formula is C15H15NOS2. The zero-order valence-electron chi connectivity index (χ0n) is 10.9. The molecule has 1 atom stereocenters. The van der Waals surface area contributed by atoms with Crippen molar-refractivity contribution in [3.05, 3.63) is 50.8 Å². The summed E-state index contributed by atoms with van der Waals surface area (Å²) in [7, 11) is 0. The van der Waals surface area contributed by atoms with Gasteiger partial charge in [-0.25, -0.2) is 4.98 Å². The molecule has 3 aromatic rings. The van der Waals surface area contributed by atoms with E-state index in [2.05, 4.69) is 28.6 Å². The molecule has 1 unspecified atom stereocenters. The van der Waals surface area contributed by atoms with Crippen LogP contribution in [0.5, 0.6) is 0 Å². The van der Waals surface area contributed by atoms with Crippen molar-refractivity contribution in [1.29, 1.82) is 0 Å². The predicted octanol–water partition coefficient (Wildman–Crippen LogP) is 4.25. The minimum atomic E-state index is -0.454. The number of aryl methyl sites for hydroxylation is 2. The predicted molar refractivity (Wildman–Crippen MR) is 82.1 cm³/mol. The highest BCUT2D eigenvalue weighted by atomic mass is 32.1. The average molecular weight is 289 g/mol. The number of rotatable bonds is 3. The van der Waals surface area contributed by atoms with Gasteiger partial charge in [0.1, 0.15) is 0 Å². The van der Waals surface area contributed by atoms with E-state index in [1.807, 2.05) is 19.9 Å². The van der Waals surface area contributed by atoms with E-state index in [1.54, 1.807) is 22.7 Å². The second-order valence-corrected chi connectivity index (χ2v) is 6.81. The maximum absolute atomic E-state index is 10.4. The maximum Gasteiger partial charge on any atom is 0.0941 e. The monoisotopic (exact) mass is 289 g/mol. The van der Waals surface area contributed by atoms with Gasteiger partial charge in [0.15, 0.2) is 0 Å². The Labute approximate surface area is 120 Å². The van der Waals surface area contributed by atoms with Crippen LogP contribution in [0.3, 0.4) is 0 Å². The van der Waals surface area contributed by atoms with Crippen LogP contribution in [0.4, 0.5) is 0 Å². The quantitative estimate of drug-likeness (QED) is 0.782. The van der Waals surface area contributed by atoms with Crippen LogP contribution in [-0.4, -0.2) is 10.1 Å². The van der Waals surface area contributed by atoms with Crippen LogP contribution in [0.15, 0.2) is 29.6 Å². The van der Waals surface area contributed by atoms with Gasteiger partial charge < -0.3 is 5.11 Å². The fourth-order valence-electron chi connectivity index (χ4n) is 2.35. The van der Waals surface area contributed by atoms with E-state index in [4.69, 9.17) is 0 Å². The molecule has 0 aliphatic heterocycles. The Morgan fingerprint density at radius 2 is 2.05 bits per heavy atom. The summed E-state index contributed by atoms with van der Waals surface area (Å²) in [6, 6.07) is 8.35. The molecule has 98 valence electrons. The lowest BCUT2D eigenvalue weighted by molar-refractivity contribution is 0.182. The minimum absolute atomic E-state index is 0.454. The third-order valence-corrected chi connectivity index (χ3v) is 5.40. The molecule has 19 heavy (non-hydrogen) atoms. The number of nitrogens with zero attached hydrogens (tertiary/aromatic N) is 1. The van der Waals surface area contributed by atoms with Gasteiger partial charge in [0.2, 0.25) is 0 Å². The number of thiophene rings is 1. The third kappa shape index (κ3) is 2.43. The Balaban J connectivity index is 1.91. The second-order valence-electron chi connectivity index (χ2n) is 4.66. The van der Waals surface area contributed by atoms with Gasteiger partial charge in [0.05, 0.1) is 21.7 Å². The summed E-state index contributed by atoms with van der Waals surface area (Å²) in [4.78, 5) is 5.38. The molecule has 0 bridgehead atoms. The molecule has 0 saturated carbocycles. The van der Waals surface area contributed by atoms with Crippen LogP contribution in [0.2, 0.25) is 0 Å². The van der Waals surface area contributed by atoms with Crippen molar-refractivity contribution in [2.24, 2.45) is 0 Å². The Bertz CT molecular complexity index is 714. The van der Waals surface area contributed by atoms with Gasteiger partial charge in [-0.1, -0.05) is 18.2 Å². The van der Waals surface area contributed by atoms with Crippen LogP contribution >= 0.6 is 22.7 Å². The Hall–Kier alpha value is -1.23. The van der Waals surface area contributed by atoms with E-state index in [9.17, 15) is 5.11 Å². The van der Waals surface area contributed by atoms with Crippen molar-refractivity contribution >= 4 is 32.8 Å². The van der Waals surface area contributed by atoms with E-state index < -0.39 is 6.10 Å². The number of fused-ring (bicyclic) bond motifs is 1. The number of benzene rings is 1. The van der Waals surface area contributed by atoms with E-state index in [0.717, 1.165) is 15.6 Å². The SMILES string of the molecule is Cc1nc(C)c(C(O)Cc2csc3ccccc23)s1. The molecule has 1 aromatic carbocycles. The normalized spacial score (nSPS) is 13.0. The van der Waals surface area contributed by atoms with Crippen LogP contribution in [-0.2, 0) is 6.42 Å². The molecule has 0 amide bonds. The number of thiazole rings is 1. The number of aliphatic hydroxyl groups excluding tert-OH is 1. The highest BCUT2D eigenvalue weighted by molar-refractivity contribution is 7.17. The molecule has 0 saturated heterocycles. The fraction of sp³-hybridized carbons (Fsp3) is 0.267. The maximum atomic E-state index is 10.4. The van der Waals surface area contributed by atoms with Crippen molar-refractivity contribution in [3.63, 3.8) is 0 Å². The molecule has 0 fully saturated rings. The molecule has 4 heteroatoms.